The number of nitrogens with two attached hydrogens (primary N) is 1. The molecule has 1 aromatic rings. The van der Waals surface area contributed by atoms with E-state index in [4.69, 9.17) is 18.0 Å². The summed E-state index contributed by atoms with van der Waals surface area (Å²) in [6.07, 6.45) is 3.24. The van der Waals surface area contributed by atoms with Crippen LogP contribution in [0.4, 0.5) is 0 Å². The third-order valence-electron chi connectivity index (χ3n) is 4.03. The Bertz CT molecular complexity index is 626. The molecule has 1 aliphatic heterocycles. The van der Waals surface area contributed by atoms with Gasteiger partial charge in [0.15, 0.2) is 0 Å². The van der Waals surface area contributed by atoms with E-state index in [9.17, 15) is 8.42 Å². The molecule has 0 aromatic carbocycles. The number of thioether (sulfide) groups is 1. The van der Waals surface area contributed by atoms with Crippen molar-refractivity contribution < 1.29 is 8.42 Å². The number of hydrogen-bond acceptors (Lipinski definition) is 5. The average Bonchev–Trinajstić information content (AvgIpc) is 2.78. The Morgan fingerprint density at radius 2 is 2.00 bits per heavy atom. The molecule has 0 unspecified atom stereocenters. The molecular weight excluding hydrogens is 328 g/mol. The summed E-state index contributed by atoms with van der Waals surface area (Å²) in [5, 5.41) is 6.70. The molecule has 1 saturated heterocycles. The Hall–Kier alpha value is -0.640. The number of rotatable bonds is 4. The van der Waals surface area contributed by atoms with E-state index in [2.05, 4.69) is 10.2 Å². The summed E-state index contributed by atoms with van der Waals surface area (Å²) < 4.78 is 26.7. The lowest BCUT2D eigenvalue weighted by Crippen LogP contribution is -2.50. The summed E-state index contributed by atoms with van der Waals surface area (Å²) in [6, 6.07) is 0. The van der Waals surface area contributed by atoms with Gasteiger partial charge in [0.25, 0.3) is 0 Å². The monoisotopic (exact) mass is 348 g/mol. The Labute approximate surface area is 134 Å². The molecule has 3 N–H and O–H groups in total. The minimum absolute atomic E-state index is 0.287. The third-order valence-corrected chi connectivity index (χ3v) is 8.12. The molecule has 21 heavy (non-hydrogen) atoms. The van der Waals surface area contributed by atoms with E-state index < -0.39 is 10.0 Å². The van der Waals surface area contributed by atoms with Crippen LogP contribution in [0.15, 0.2) is 4.90 Å². The molecule has 0 bridgehead atoms. The molecule has 0 atom stereocenters. The van der Waals surface area contributed by atoms with Crippen molar-refractivity contribution in [2.24, 2.45) is 5.73 Å². The second-order valence-corrected chi connectivity index (χ2v) is 8.73. The van der Waals surface area contributed by atoms with Crippen molar-refractivity contribution in [3.8, 4) is 0 Å². The number of H-pyrrole nitrogens is 1. The highest BCUT2D eigenvalue weighted by Crippen LogP contribution is 2.37. The number of aryl methyl sites for hydroxylation is 2. The van der Waals surface area contributed by atoms with Crippen molar-refractivity contribution in [1.29, 1.82) is 0 Å². The number of aromatic amines is 1. The van der Waals surface area contributed by atoms with Crippen LogP contribution in [0.25, 0.3) is 0 Å². The maximum absolute atomic E-state index is 12.8. The van der Waals surface area contributed by atoms with Gasteiger partial charge < -0.3 is 5.73 Å². The van der Waals surface area contributed by atoms with Crippen LogP contribution < -0.4 is 5.73 Å². The first kappa shape index (κ1) is 16.7. The molecule has 0 saturated carbocycles. The molecule has 118 valence electrons. The summed E-state index contributed by atoms with van der Waals surface area (Å²) in [7, 11) is -3.52. The number of thiocarbonyl (C=S) groups is 1. The molecule has 0 amide bonds. The lowest BCUT2D eigenvalue weighted by molar-refractivity contribution is 0.332. The van der Waals surface area contributed by atoms with Crippen LogP contribution in [-0.4, -0.2) is 52.0 Å². The van der Waals surface area contributed by atoms with Crippen LogP contribution in [0.3, 0.4) is 0 Å². The van der Waals surface area contributed by atoms with E-state index in [1.807, 2.05) is 6.26 Å². The second kappa shape index (κ2) is 5.86. The zero-order valence-corrected chi connectivity index (χ0v) is 14.8. The van der Waals surface area contributed by atoms with Gasteiger partial charge in [-0.1, -0.05) is 12.2 Å². The van der Waals surface area contributed by atoms with E-state index in [0.29, 0.717) is 42.3 Å². The molecular formula is C12H20N4O2S3. The van der Waals surface area contributed by atoms with Gasteiger partial charge in [-0.2, -0.15) is 21.2 Å². The predicted octanol–water partition coefficient (Wildman–Crippen LogP) is 1.20. The summed E-state index contributed by atoms with van der Waals surface area (Å²) in [5.74, 6) is 0. The maximum Gasteiger partial charge on any atom is 0.246 e. The maximum atomic E-state index is 12.8. The Morgan fingerprint density at radius 1 is 1.43 bits per heavy atom. The van der Waals surface area contributed by atoms with Gasteiger partial charge in [-0.25, -0.2) is 8.42 Å². The minimum atomic E-state index is -3.52. The van der Waals surface area contributed by atoms with Crippen LogP contribution in [0.1, 0.15) is 24.2 Å². The standard InChI is InChI=1S/C12H20N4O2S3/c1-8-10(9(2)15-14-8)21(17,18)16-6-4-12(20-3,5-7-16)11(13)19/h4-7H2,1-3H3,(H2,13,19)(H,14,15). The number of piperidine rings is 1. The van der Waals surface area contributed by atoms with E-state index in [1.54, 1.807) is 25.6 Å². The van der Waals surface area contributed by atoms with Crippen LogP contribution in [0, 0.1) is 13.8 Å². The van der Waals surface area contributed by atoms with E-state index in [-0.39, 0.29) is 9.64 Å². The SMILES string of the molecule is CSC1(C(N)=S)CCN(S(=O)(=O)c2c(C)n[nH]c2C)CC1. The molecule has 0 spiro atoms. The molecule has 0 radical (unpaired) electrons. The first-order valence-corrected chi connectivity index (χ1v) is 9.69. The molecule has 1 aliphatic rings. The normalized spacial score (nSPS) is 19.6. The predicted molar refractivity (Wildman–Crippen MR) is 89.1 cm³/mol. The largest absolute Gasteiger partial charge is 0.392 e. The summed E-state index contributed by atoms with van der Waals surface area (Å²) in [4.78, 5) is 0.747. The highest BCUT2D eigenvalue weighted by atomic mass is 32.2. The zero-order chi connectivity index (χ0) is 15.8. The van der Waals surface area contributed by atoms with Gasteiger partial charge in [0.05, 0.1) is 21.1 Å². The Balaban J connectivity index is 2.25. The van der Waals surface area contributed by atoms with Gasteiger partial charge in [-0.05, 0) is 32.9 Å². The minimum Gasteiger partial charge on any atom is -0.392 e. The molecule has 9 heteroatoms. The third kappa shape index (κ3) is 2.84. The quantitative estimate of drug-likeness (QED) is 0.795. The van der Waals surface area contributed by atoms with Crippen molar-refractivity contribution in [3.05, 3.63) is 11.4 Å². The van der Waals surface area contributed by atoms with Crippen molar-refractivity contribution in [3.63, 3.8) is 0 Å². The fraction of sp³-hybridized carbons (Fsp3) is 0.667. The highest BCUT2D eigenvalue weighted by molar-refractivity contribution is 8.02. The van der Waals surface area contributed by atoms with E-state index in [1.165, 1.54) is 4.31 Å². The van der Waals surface area contributed by atoms with Crippen LogP contribution >= 0.6 is 24.0 Å². The van der Waals surface area contributed by atoms with Crippen LogP contribution in [-0.2, 0) is 10.0 Å². The lowest BCUT2D eigenvalue weighted by Gasteiger charge is -2.39. The molecule has 0 aliphatic carbocycles. The number of aromatic nitrogens is 2. The van der Waals surface area contributed by atoms with Crippen molar-refractivity contribution >= 4 is 39.0 Å². The van der Waals surface area contributed by atoms with Gasteiger partial charge in [0.1, 0.15) is 4.90 Å². The second-order valence-electron chi connectivity index (χ2n) is 5.23. The Morgan fingerprint density at radius 3 is 2.38 bits per heavy atom. The van der Waals surface area contributed by atoms with E-state index >= 15 is 0 Å². The number of hydrogen-bond donors (Lipinski definition) is 2. The molecule has 2 heterocycles. The van der Waals surface area contributed by atoms with Gasteiger partial charge in [-0.15, -0.1) is 0 Å². The molecule has 2 rings (SSSR count). The number of sulfonamides is 1. The van der Waals surface area contributed by atoms with Crippen LogP contribution in [0.5, 0.6) is 0 Å². The fourth-order valence-corrected chi connectivity index (χ4v) is 5.71. The van der Waals surface area contributed by atoms with Crippen LogP contribution in [0.2, 0.25) is 0 Å². The zero-order valence-electron chi connectivity index (χ0n) is 12.3. The number of nitrogens with zero attached hydrogens (tertiary/aromatic N) is 2. The topological polar surface area (TPSA) is 92.1 Å². The van der Waals surface area contributed by atoms with Gasteiger partial charge >= 0.3 is 0 Å². The smallest absolute Gasteiger partial charge is 0.246 e. The number of nitrogens with one attached hydrogen (secondary N) is 1. The van der Waals surface area contributed by atoms with Crippen molar-refractivity contribution in [2.45, 2.75) is 36.3 Å². The first-order valence-electron chi connectivity index (χ1n) is 6.61. The van der Waals surface area contributed by atoms with Crippen molar-refractivity contribution in [1.82, 2.24) is 14.5 Å². The van der Waals surface area contributed by atoms with Gasteiger partial charge in [0.2, 0.25) is 10.0 Å². The molecule has 6 nitrogen and oxygen atoms in total. The summed E-state index contributed by atoms with van der Waals surface area (Å²) >= 11 is 6.77. The summed E-state index contributed by atoms with van der Waals surface area (Å²) in [6.45, 7) is 4.26. The highest BCUT2D eigenvalue weighted by Gasteiger charge is 2.41. The molecule has 1 fully saturated rings. The lowest BCUT2D eigenvalue weighted by atomic mass is 9.97. The Kier molecular flexibility index (Phi) is 4.67. The fourth-order valence-electron chi connectivity index (χ4n) is 2.69. The first-order chi connectivity index (χ1) is 9.74. The van der Waals surface area contributed by atoms with Gasteiger partial charge in [0, 0.05) is 13.1 Å². The van der Waals surface area contributed by atoms with Crippen molar-refractivity contribution in [2.75, 3.05) is 19.3 Å². The molecule has 1 aromatic heterocycles. The van der Waals surface area contributed by atoms with Gasteiger partial charge in [-0.3, -0.25) is 5.10 Å². The average molecular weight is 349 g/mol. The van der Waals surface area contributed by atoms with E-state index in [0.717, 1.165) is 0 Å². The summed E-state index contributed by atoms with van der Waals surface area (Å²) in [5.41, 5.74) is 6.91.